The molecule has 0 aliphatic carbocycles. The number of aromatic amines is 1. The Bertz CT molecular complexity index is 1280. The maximum absolute atomic E-state index is 12.4. The fraction of sp³-hybridized carbons (Fsp3) is 0.579. The smallest absolute Gasteiger partial charge is 0.329 e. The Labute approximate surface area is 196 Å². The maximum Gasteiger partial charge on any atom is 0.329 e. The lowest BCUT2D eigenvalue weighted by atomic mass is 9.97. The van der Waals surface area contributed by atoms with E-state index in [1.165, 1.54) is 7.05 Å². The Morgan fingerprint density at radius 2 is 1.49 bits per heavy atom. The number of rotatable bonds is 6. The molecule has 5 atom stereocenters. The first-order valence-corrected chi connectivity index (χ1v) is 10.2. The molecule has 16 heteroatoms. The van der Waals surface area contributed by atoms with Gasteiger partial charge in [0.25, 0.3) is 5.56 Å². The normalized spacial score (nSPS) is 24.0. The lowest BCUT2D eigenvalue weighted by Gasteiger charge is -2.44. The molecule has 1 saturated heterocycles. The van der Waals surface area contributed by atoms with Gasteiger partial charge >= 0.3 is 29.6 Å². The van der Waals surface area contributed by atoms with Gasteiger partial charge in [0.15, 0.2) is 35.7 Å². The molecular formula is C19H23N5O11. The third kappa shape index (κ3) is 5.37. The molecule has 0 spiro atoms. The van der Waals surface area contributed by atoms with Gasteiger partial charge in [-0.05, 0) is 0 Å². The first kappa shape index (κ1) is 25.5. The van der Waals surface area contributed by atoms with E-state index in [4.69, 9.17) is 23.7 Å². The largest absolute Gasteiger partial charge is 0.463 e. The summed E-state index contributed by atoms with van der Waals surface area (Å²) >= 11 is 0. The molecule has 1 N–H and O–H groups in total. The van der Waals surface area contributed by atoms with E-state index < -0.39 is 72.4 Å². The number of carbonyl (C=O) groups is 4. The van der Waals surface area contributed by atoms with E-state index in [0.29, 0.717) is 0 Å². The molecule has 1 aliphatic rings. The van der Waals surface area contributed by atoms with Crippen LogP contribution in [0.2, 0.25) is 0 Å². The second-order valence-electron chi connectivity index (χ2n) is 7.62. The van der Waals surface area contributed by atoms with Crippen molar-refractivity contribution in [2.24, 2.45) is 7.05 Å². The third-order valence-corrected chi connectivity index (χ3v) is 4.94. The monoisotopic (exact) mass is 497 g/mol. The molecule has 35 heavy (non-hydrogen) atoms. The molecule has 3 heterocycles. The number of hydrogen-bond donors (Lipinski definition) is 1. The molecule has 0 saturated carbocycles. The van der Waals surface area contributed by atoms with Crippen LogP contribution in [0.25, 0.3) is 11.2 Å². The van der Waals surface area contributed by atoms with Crippen molar-refractivity contribution in [3.8, 4) is 0 Å². The van der Waals surface area contributed by atoms with Gasteiger partial charge in [0.05, 0.1) is 0 Å². The number of H-pyrrole nitrogens is 1. The van der Waals surface area contributed by atoms with Gasteiger partial charge in [0.1, 0.15) is 12.7 Å². The van der Waals surface area contributed by atoms with Crippen LogP contribution in [0.1, 0.15) is 33.9 Å². The first-order valence-electron chi connectivity index (χ1n) is 10.2. The van der Waals surface area contributed by atoms with Crippen LogP contribution in [0, 0.1) is 0 Å². The topological polar surface area (TPSA) is 200 Å². The van der Waals surface area contributed by atoms with E-state index in [1.54, 1.807) is 0 Å². The zero-order valence-corrected chi connectivity index (χ0v) is 19.4. The third-order valence-electron chi connectivity index (χ3n) is 4.94. The number of hydrogen-bond acceptors (Lipinski definition) is 13. The highest BCUT2D eigenvalue weighted by molar-refractivity contribution is 5.69. The summed E-state index contributed by atoms with van der Waals surface area (Å²) < 4.78 is 28.7. The van der Waals surface area contributed by atoms with Gasteiger partial charge in [-0.1, -0.05) is 5.21 Å². The van der Waals surface area contributed by atoms with Gasteiger partial charge in [0, 0.05) is 34.7 Å². The van der Waals surface area contributed by atoms with Crippen LogP contribution in [0.4, 0.5) is 0 Å². The molecule has 16 nitrogen and oxygen atoms in total. The Hall–Kier alpha value is -4.08. The van der Waals surface area contributed by atoms with Crippen LogP contribution in [0.5, 0.6) is 0 Å². The van der Waals surface area contributed by atoms with E-state index in [9.17, 15) is 28.8 Å². The molecule has 3 rings (SSSR count). The van der Waals surface area contributed by atoms with E-state index in [1.807, 2.05) is 0 Å². The number of ether oxygens (including phenoxy) is 5. The summed E-state index contributed by atoms with van der Waals surface area (Å²) in [5, 5.41) is 7.63. The summed E-state index contributed by atoms with van der Waals surface area (Å²) in [5.41, 5.74) is -1.98. The Balaban J connectivity index is 2.20. The fourth-order valence-corrected chi connectivity index (χ4v) is 3.57. The van der Waals surface area contributed by atoms with Crippen molar-refractivity contribution < 1.29 is 42.9 Å². The Kier molecular flexibility index (Phi) is 7.33. The SMILES string of the molecule is CC(=O)OCC1OC(n2nnc3c(=O)n(C)c(=O)[nH]c32)C(OC(C)=O)C(OC(C)=O)C1OC(C)=O. The Morgan fingerprint density at radius 1 is 0.914 bits per heavy atom. The van der Waals surface area contributed by atoms with Crippen LogP contribution in [-0.2, 0) is 49.9 Å². The molecule has 0 amide bonds. The first-order chi connectivity index (χ1) is 16.4. The number of fused-ring (bicyclic) bond motifs is 1. The van der Waals surface area contributed by atoms with Crippen molar-refractivity contribution in [2.75, 3.05) is 6.61 Å². The summed E-state index contributed by atoms with van der Waals surface area (Å²) in [5.74, 6) is -3.11. The van der Waals surface area contributed by atoms with Gasteiger partial charge in [0.2, 0.25) is 0 Å². The van der Waals surface area contributed by atoms with Crippen molar-refractivity contribution in [1.29, 1.82) is 0 Å². The number of aromatic nitrogens is 5. The Morgan fingerprint density at radius 3 is 2.06 bits per heavy atom. The molecule has 2 aromatic rings. The van der Waals surface area contributed by atoms with Crippen LogP contribution in [0.3, 0.4) is 0 Å². The zero-order valence-electron chi connectivity index (χ0n) is 19.4. The van der Waals surface area contributed by atoms with Crippen LogP contribution in [-0.4, -0.2) is 79.4 Å². The van der Waals surface area contributed by atoms with Crippen molar-refractivity contribution >= 4 is 35.0 Å². The lowest BCUT2D eigenvalue weighted by Crippen LogP contribution is -2.60. The average Bonchev–Trinajstić information content (AvgIpc) is 3.16. The van der Waals surface area contributed by atoms with Crippen molar-refractivity contribution in [2.45, 2.75) is 58.3 Å². The summed E-state index contributed by atoms with van der Waals surface area (Å²) in [6.45, 7) is 3.92. The zero-order chi connectivity index (χ0) is 26.0. The molecule has 1 aliphatic heterocycles. The maximum atomic E-state index is 12.4. The molecule has 0 bridgehead atoms. The fourth-order valence-electron chi connectivity index (χ4n) is 3.57. The summed E-state index contributed by atoms with van der Waals surface area (Å²) in [7, 11) is 1.23. The van der Waals surface area contributed by atoms with Gasteiger partial charge < -0.3 is 23.7 Å². The summed E-state index contributed by atoms with van der Waals surface area (Å²) in [6, 6.07) is 0. The highest BCUT2D eigenvalue weighted by Crippen LogP contribution is 2.35. The van der Waals surface area contributed by atoms with Gasteiger partial charge in [-0.25, -0.2) is 4.79 Å². The highest BCUT2D eigenvalue weighted by atomic mass is 16.7. The van der Waals surface area contributed by atoms with Crippen LogP contribution in [0.15, 0.2) is 9.59 Å². The molecule has 1 fully saturated rings. The number of nitrogens with zero attached hydrogens (tertiary/aromatic N) is 4. The van der Waals surface area contributed by atoms with Crippen LogP contribution < -0.4 is 11.2 Å². The predicted molar refractivity (Wildman–Crippen MR) is 111 cm³/mol. The minimum absolute atomic E-state index is 0.181. The molecule has 2 aromatic heterocycles. The second-order valence-corrected chi connectivity index (χ2v) is 7.62. The quantitative estimate of drug-likeness (QED) is 0.342. The summed E-state index contributed by atoms with van der Waals surface area (Å²) in [6.07, 6.45) is -7.05. The van der Waals surface area contributed by atoms with E-state index in [2.05, 4.69) is 15.3 Å². The van der Waals surface area contributed by atoms with Gasteiger partial charge in [-0.15, -0.1) is 5.10 Å². The lowest BCUT2D eigenvalue weighted by molar-refractivity contribution is -0.269. The molecule has 0 aromatic carbocycles. The van der Waals surface area contributed by atoms with Crippen molar-refractivity contribution in [1.82, 2.24) is 24.5 Å². The molecular weight excluding hydrogens is 474 g/mol. The highest BCUT2D eigenvalue weighted by Gasteiger charge is 2.53. The number of carbonyl (C=O) groups excluding carboxylic acids is 4. The number of esters is 4. The molecule has 5 unspecified atom stereocenters. The molecule has 190 valence electrons. The minimum Gasteiger partial charge on any atom is -0.463 e. The van der Waals surface area contributed by atoms with E-state index in [0.717, 1.165) is 36.9 Å². The van der Waals surface area contributed by atoms with Crippen molar-refractivity contribution in [3.05, 3.63) is 20.8 Å². The predicted octanol–water partition coefficient (Wildman–Crippen LogP) is -1.93. The van der Waals surface area contributed by atoms with Gasteiger partial charge in [-0.3, -0.25) is 33.5 Å². The van der Waals surface area contributed by atoms with E-state index >= 15 is 0 Å². The summed E-state index contributed by atoms with van der Waals surface area (Å²) in [4.78, 5) is 74.2. The molecule has 0 radical (unpaired) electrons. The van der Waals surface area contributed by atoms with Crippen LogP contribution >= 0.6 is 0 Å². The standard InChI is InChI=1S/C19H23N5O11/c1-7(25)31-6-11-13(32-8(2)26)14(33-9(3)27)15(34-10(4)28)18(35-11)24-16-12(21-22-24)17(29)23(5)19(30)20-16/h11,13-15,18H,6H2,1-5H3,(H,20,30). The van der Waals surface area contributed by atoms with E-state index in [-0.39, 0.29) is 11.2 Å². The average molecular weight is 497 g/mol. The minimum atomic E-state index is -1.49. The van der Waals surface area contributed by atoms with Gasteiger partial charge in [-0.2, -0.15) is 4.68 Å². The van der Waals surface area contributed by atoms with Crippen molar-refractivity contribution in [3.63, 3.8) is 0 Å². The number of nitrogens with one attached hydrogen (secondary N) is 1. The second kappa shape index (κ2) is 10.0.